The maximum Gasteiger partial charge on any atom is 0.220 e. The molecule has 0 aromatic heterocycles. The van der Waals surface area contributed by atoms with Gasteiger partial charge in [0.1, 0.15) is 0 Å². The minimum Gasteiger partial charge on any atom is -0.393 e. The normalized spacial score (nSPS) is 40.3. The molecule has 29 heavy (non-hydrogen) atoms. The zero-order valence-corrected chi connectivity index (χ0v) is 18.6. The lowest BCUT2D eigenvalue weighted by atomic mass is 9.65. The number of hydrogen-bond donors (Lipinski definition) is 2. The van der Waals surface area contributed by atoms with E-state index in [4.69, 9.17) is 15.3 Å². The Kier molecular flexibility index (Phi) is 7.95. The summed E-state index contributed by atoms with van der Waals surface area (Å²) in [7, 11) is 6.04. The van der Waals surface area contributed by atoms with Crippen LogP contribution in [0.5, 0.6) is 0 Å². The molecule has 2 aliphatic carbocycles. The Morgan fingerprint density at radius 3 is 2.66 bits per heavy atom. The highest BCUT2D eigenvalue weighted by Crippen LogP contribution is 2.44. The fourth-order valence-electron chi connectivity index (χ4n) is 5.94. The van der Waals surface area contributed by atoms with Gasteiger partial charge in [0.05, 0.1) is 18.8 Å². The second-order valence-electron chi connectivity index (χ2n) is 9.88. The molecule has 1 saturated heterocycles. The van der Waals surface area contributed by atoms with Crippen LogP contribution in [0.2, 0.25) is 0 Å². The van der Waals surface area contributed by atoms with E-state index < -0.39 is 0 Å². The molecule has 0 spiro atoms. The summed E-state index contributed by atoms with van der Waals surface area (Å²) in [5, 5.41) is 11.9. The van der Waals surface area contributed by atoms with Crippen molar-refractivity contribution in [2.45, 2.75) is 63.7 Å². The Morgan fingerprint density at radius 2 is 2.07 bits per heavy atom. The molecule has 3 aliphatic rings. The van der Waals surface area contributed by atoms with E-state index in [0.717, 1.165) is 45.2 Å². The largest absolute Gasteiger partial charge is 0.393 e. The molecule has 168 valence electrons. The van der Waals surface area contributed by atoms with E-state index in [1.54, 1.807) is 0 Å². The number of primary amides is 1. The summed E-state index contributed by atoms with van der Waals surface area (Å²) in [5.41, 5.74) is 5.73. The maximum absolute atomic E-state index is 12.0. The van der Waals surface area contributed by atoms with Gasteiger partial charge in [0.25, 0.3) is 0 Å². The van der Waals surface area contributed by atoms with Crippen LogP contribution >= 0.6 is 0 Å². The van der Waals surface area contributed by atoms with Gasteiger partial charge >= 0.3 is 0 Å². The molecule has 1 heterocycles. The highest BCUT2D eigenvalue weighted by Gasteiger charge is 2.44. The first kappa shape index (κ1) is 22.9. The molecule has 2 saturated carbocycles. The number of nitrogens with two attached hydrogens (primary N) is 1. The van der Waals surface area contributed by atoms with Gasteiger partial charge in [-0.15, -0.1) is 0 Å². The van der Waals surface area contributed by atoms with Gasteiger partial charge in [0, 0.05) is 44.0 Å². The Labute approximate surface area is 175 Å². The van der Waals surface area contributed by atoms with Gasteiger partial charge in [-0.2, -0.15) is 5.06 Å². The predicted octanol–water partition coefficient (Wildman–Crippen LogP) is 1.49. The topological polar surface area (TPSA) is 88.3 Å². The third kappa shape index (κ3) is 5.50. The smallest absolute Gasteiger partial charge is 0.220 e. The summed E-state index contributed by atoms with van der Waals surface area (Å²) < 4.78 is 6.08. The van der Waals surface area contributed by atoms with Crippen LogP contribution in [0.4, 0.5) is 0 Å². The molecule has 0 bridgehead atoms. The number of carbonyl (C=O) groups is 1. The summed E-state index contributed by atoms with van der Waals surface area (Å²) in [4.78, 5) is 20.1. The molecule has 3 rings (SSSR count). The van der Waals surface area contributed by atoms with Crippen LogP contribution in [0.3, 0.4) is 0 Å². The first-order valence-corrected chi connectivity index (χ1v) is 11.3. The van der Waals surface area contributed by atoms with Crippen molar-refractivity contribution in [1.29, 1.82) is 0 Å². The summed E-state index contributed by atoms with van der Waals surface area (Å²) in [6, 6.07) is 0.401. The summed E-state index contributed by atoms with van der Waals surface area (Å²) >= 11 is 0. The Bertz CT molecular complexity index is 544. The zero-order valence-electron chi connectivity index (χ0n) is 18.6. The number of methoxy groups -OCH3 is 1. The van der Waals surface area contributed by atoms with Crippen molar-refractivity contribution >= 4 is 5.91 Å². The number of nitrogens with zero attached hydrogens (tertiary/aromatic N) is 2. The number of ether oxygens (including phenoxy) is 1. The molecule has 7 nitrogen and oxygen atoms in total. The molecule has 0 radical (unpaired) electrons. The van der Waals surface area contributed by atoms with Gasteiger partial charge in [0.15, 0.2) is 0 Å². The van der Waals surface area contributed by atoms with Gasteiger partial charge in [-0.1, -0.05) is 6.42 Å². The van der Waals surface area contributed by atoms with E-state index in [0.29, 0.717) is 30.4 Å². The fraction of sp³-hybridized carbons (Fsp3) is 0.955. The Hall–Kier alpha value is -0.730. The fourth-order valence-corrected chi connectivity index (χ4v) is 5.94. The first-order valence-electron chi connectivity index (χ1n) is 11.3. The number of rotatable bonds is 7. The van der Waals surface area contributed by atoms with E-state index in [9.17, 15) is 9.90 Å². The molecule has 1 aliphatic heterocycles. The van der Waals surface area contributed by atoms with Crippen molar-refractivity contribution < 1.29 is 19.5 Å². The number of aliphatic hydroxyl groups excluding tert-OH is 1. The molecular formula is C22H41N3O4. The standard InChI is InChI=1S/C22H41N3O4/c1-14(26)18-12-25(29-13-18)11-15-6-5-7-20(21(15)28-4)16-8-17(22(23)27)10-19(9-16)24(2)3/h14-21,26H,5-13H2,1-4H3,(H2,23,27)/t14?,15?,16?,17?,18-,19?,20?,21?/m0/s1. The summed E-state index contributed by atoms with van der Waals surface area (Å²) in [5.74, 6) is 1.33. The lowest BCUT2D eigenvalue weighted by molar-refractivity contribution is -0.145. The van der Waals surface area contributed by atoms with Crippen LogP contribution in [0.25, 0.3) is 0 Å². The molecule has 8 atom stereocenters. The van der Waals surface area contributed by atoms with E-state index in [1.165, 1.54) is 6.42 Å². The SMILES string of the molecule is COC1C(CN2C[C@H](C(C)O)CO2)CCCC1C1CC(C(N)=O)CC(N(C)C)C1. The highest BCUT2D eigenvalue weighted by molar-refractivity contribution is 5.76. The molecule has 0 aromatic carbocycles. The summed E-state index contributed by atoms with van der Waals surface area (Å²) in [6.07, 6.45) is 6.19. The highest BCUT2D eigenvalue weighted by atomic mass is 16.7. The zero-order chi connectivity index (χ0) is 21.1. The average molecular weight is 412 g/mol. The van der Waals surface area contributed by atoms with Crippen LogP contribution in [0, 0.1) is 29.6 Å². The quantitative estimate of drug-likeness (QED) is 0.660. The van der Waals surface area contributed by atoms with Crippen molar-refractivity contribution in [2.75, 3.05) is 40.9 Å². The molecule has 0 aromatic rings. The van der Waals surface area contributed by atoms with E-state index in [-0.39, 0.29) is 30.0 Å². The molecule has 1 amide bonds. The van der Waals surface area contributed by atoms with Gasteiger partial charge in [-0.05, 0) is 65.0 Å². The van der Waals surface area contributed by atoms with E-state index in [1.807, 2.05) is 19.1 Å². The molecule has 7 unspecified atom stereocenters. The first-order chi connectivity index (χ1) is 13.8. The molecule has 3 fully saturated rings. The lowest BCUT2D eigenvalue weighted by Crippen LogP contribution is -2.48. The Balaban J connectivity index is 1.67. The number of amides is 1. The second kappa shape index (κ2) is 10.1. The Morgan fingerprint density at radius 1 is 1.31 bits per heavy atom. The molecule has 3 N–H and O–H groups in total. The predicted molar refractivity (Wildman–Crippen MR) is 112 cm³/mol. The number of carbonyl (C=O) groups excluding carboxylic acids is 1. The third-order valence-electron chi connectivity index (χ3n) is 7.76. The van der Waals surface area contributed by atoms with Crippen LogP contribution in [0.1, 0.15) is 45.4 Å². The average Bonchev–Trinajstić information content (AvgIpc) is 3.16. The second-order valence-corrected chi connectivity index (χ2v) is 9.88. The third-order valence-corrected chi connectivity index (χ3v) is 7.76. The maximum atomic E-state index is 12.0. The van der Waals surface area contributed by atoms with Crippen LogP contribution in [-0.2, 0) is 14.4 Å². The number of hydroxylamine groups is 2. The van der Waals surface area contributed by atoms with Gasteiger partial charge in [-0.25, -0.2) is 0 Å². The number of aliphatic hydroxyl groups is 1. The molecular weight excluding hydrogens is 370 g/mol. The summed E-state index contributed by atoms with van der Waals surface area (Å²) in [6.45, 7) is 4.07. The minimum absolute atomic E-state index is 0.0345. The monoisotopic (exact) mass is 411 g/mol. The van der Waals surface area contributed by atoms with Crippen LogP contribution in [-0.4, -0.2) is 80.1 Å². The van der Waals surface area contributed by atoms with Crippen molar-refractivity contribution in [3.63, 3.8) is 0 Å². The van der Waals surface area contributed by atoms with E-state index >= 15 is 0 Å². The lowest BCUT2D eigenvalue weighted by Gasteiger charge is -2.46. The van der Waals surface area contributed by atoms with Crippen molar-refractivity contribution in [2.24, 2.45) is 35.3 Å². The molecule has 7 heteroatoms. The van der Waals surface area contributed by atoms with Gasteiger partial charge in [-0.3, -0.25) is 9.63 Å². The van der Waals surface area contributed by atoms with Gasteiger partial charge in [0.2, 0.25) is 5.91 Å². The minimum atomic E-state index is -0.340. The van der Waals surface area contributed by atoms with Crippen LogP contribution < -0.4 is 5.73 Å². The number of hydrogen-bond acceptors (Lipinski definition) is 6. The van der Waals surface area contributed by atoms with Crippen LogP contribution in [0.15, 0.2) is 0 Å². The van der Waals surface area contributed by atoms with Crippen molar-refractivity contribution in [3.8, 4) is 0 Å². The van der Waals surface area contributed by atoms with E-state index in [2.05, 4.69) is 19.0 Å². The van der Waals surface area contributed by atoms with Crippen molar-refractivity contribution in [1.82, 2.24) is 9.96 Å². The van der Waals surface area contributed by atoms with Crippen molar-refractivity contribution in [3.05, 3.63) is 0 Å². The van der Waals surface area contributed by atoms with Gasteiger partial charge < -0.3 is 20.5 Å².